The van der Waals surface area contributed by atoms with Gasteiger partial charge in [0.1, 0.15) is 5.69 Å². The monoisotopic (exact) mass is 311 g/mol. The first-order valence-corrected chi connectivity index (χ1v) is 7.22. The highest BCUT2D eigenvalue weighted by atomic mass is 35.5. The molecular weight excluding hydrogens is 298 g/mol. The van der Waals surface area contributed by atoms with E-state index >= 15 is 0 Å². The molecule has 0 aliphatic rings. The number of aromatic nitrogens is 1. The van der Waals surface area contributed by atoms with E-state index in [1.165, 1.54) is 6.07 Å². The molecule has 0 saturated carbocycles. The summed E-state index contributed by atoms with van der Waals surface area (Å²) in [5.74, 6) is 0. The number of aryl methyl sites for hydroxylation is 2. The van der Waals surface area contributed by atoms with Gasteiger partial charge in [0.05, 0.1) is 21.7 Å². The molecule has 0 radical (unpaired) electrons. The summed E-state index contributed by atoms with van der Waals surface area (Å²) in [5.41, 5.74) is 1.38. The largest absolute Gasteiger partial charge is 0.372 e. The third-order valence-corrected chi connectivity index (χ3v) is 4.35. The van der Waals surface area contributed by atoms with Gasteiger partial charge in [-0.1, -0.05) is 11.6 Å². The van der Waals surface area contributed by atoms with E-state index in [9.17, 15) is 10.1 Å². The van der Waals surface area contributed by atoms with Crippen molar-refractivity contribution in [3.05, 3.63) is 48.9 Å². The molecule has 0 aliphatic carbocycles. The Labute approximate surface area is 125 Å². The molecule has 2 rings (SSSR count). The molecule has 5 nitrogen and oxygen atoms in total. The topological polar surface area (TPSA) is 68.1 Å². The van der Waals surface area contributed by atoms with Gasteiger partial charge in [-0.15, -0.1) is 11.3 Å². The molecule has 1 unspecified atom stereocenters. The van der Waals surface area contributed by atoms with Crippen LogP contribution in [0.5, 0.6) is 0 Å². The van der Waals surface area contributed by atoms with Gasteiger partial charge in [-0.2, -0.15) is 0 Å². The van der Waals surface area contributed by atoms with E-state index in [0.29, 0.717) is 10.7 Å². The van der Waals surface area contributed by atoms with Crippen molar-refractivity contribution < 1.29 is 4.92 Å². The third-order valence-electron chi connectivity index (χ3n) is 2.86. The van der Waals surface area contributed by atoms with Crippen molar-refractivity contribution in [2.75, 3.05) is 5.32 Å². The van der Waals surface area contributed by atoms with Gasteiger partial charge in [-0.3, -0.25) is 10.1 Å². The second-order valence-electron chi connectivity index (χ2n) is 4.47. The molecule has 106 valence electrons. The number of nitro benzene ring substituents is 1. The summed E-state index contributed by atoms with van der Waals surface area (Å²) in [6.07, 6.45) is 0. The zero-order valence-electron chi connectivity index (χ0n) is 11.3. The molecule has 0 aliphatic heterocycles. The van der Waals surface area contributed by atoms with Gasteiger partial charge in [0, 0.05) is 16.0 Å². The lowest BCUT2D eigenvalue weighted by molar-refractivity contribution is -0.384. The Kier molecular flexibility index (Phi) is 4.25. The predicted octanol–water partition coefficient (Wildman–Crippen LogP) is 4.49. The molecule has 0 saturated heterocycles. The molecule has 1 aromatic carbocycles. The van der Waals surface area contributed by atoms with Crippen LogP contribution in [-0.4, -0.2) is 9.91 Å². The van der Waals surface area contributed by atoms with Crippen LogP contribution in [0.25, 0.3) is 0 Å². The molecule has 1 aromatic heterocycles. The number of nitrogens with one attached hydrogen (secondary N) is 1. The number of benzene rings is 1. The highest BCUT2D eigenvalue weighted by Crippen LogP contribution is 2.33. The van der Waals surface area contributed by atoms with E-state index in [4.69, 9.17) is 11.6 Å². The van der Waals surface area contributed by atoms with E-state index in [-0.39, 0.29) is 11.7 Å². The molecule has 7 heteroatoms. The Hall–Kier alpha value is -1.66. The second-order valence-corrected chi connectivity index (χ2v) is 6.14. The van der Waals surface area contributed by atoms with Crippen LogP contribution >= 0.6 is 22.9 Å². The smallest absolute Gasteiger partial charge is 0.293 e. The fourth-order valence-corrected chi connectivity index (χ4v) is 3.12. The number of halogens is 1. The number of nitrogens with zero attached hydrogens (tertiary/aromatic N) is 2. The third kappa shape index (κ3) is 3.08. The summed E-state index contributed by atoms with van der Waals surface area (Å²) in [6, 6.07) is 4.55. The maximum Gasteiger partial charge on any atom is 0.293 e. The number of anilines is 1. The molecular formula is C13H14ClN3O2S. The van der Waals surface area contributed by atoms with Crippen molar-refractivity contribution >= 4 is 34.3 Å². The summed E-state index contributed by atoms with van der Waals surface area (Å²) in [6.45, 7) is 5.84. The Morgan fingerprint density at radius 2 is 2.15 bits per heavy atom. The van der Waals surface area contributed by atoms with Crippen molar-refractivity contribution in [2.24, 2.45) is 0 Å². The van der Waals surface area contributed by atoms with Crippen LogP contribution in [-0.2, 0) is 0 Å². The first-order chi connectivity index (χ1) is 9.38. The molecule has 0 bridgehead atoms. The van der Waals surface area contributed by atoms with Gasteiger partial charge in [0.25, 0.3) is 5.69 Å². The fourth-order valence-electron chi connectivity index (χ4n) is 2.03. The van der Waals surface area contributed by atoms with Crippen LogP contribution in [0.4, 0.5) is 11.4 Å². The Morgan fingerprint density at radius 1 is 1.45 bits per heavy atom. The normalized spacial score (nSPS) is 12.2. The standard InChI is InChI=1S/C13H14ClN3O2S/c1-7-13(20-9(3)15-7)8(2)16-11-5-4-10(14)6-12(11)17(18)19/h4-6,8,16H,1-3H3. The van der Waals surface area contributed by atoms with Crippen molar-refractivity contribution in [1.82, 2.24) is 4.98 Å². The SMILES string of the molecule is Cc1nc(C)c(C(C)Nc2ccc(Cl)cc2[N+](=O)[O-])s1. The molecule has 1 N–H and O–H groups in total. The average Bonchev–Trinajstić information content (AvgIpc) is 2.70. The molecule has 0 amide bonds. The molecule has 0 spiro atoms. The van der Waals surface area contributed by atoms with Crippen molar-refractivity contribution in [3.63, 3.8) is 0 Å². The molecule has 1 atom stereocenters. The van der Waals surface area contributed by atoms with E-state index in [1.54, 1.807) is 23.5 Å². The van der Waals surface area contributed by atoms with E-state index in [2.05, 4.69) is 10.3 Å². The quantitative estimate of drug-likeness (QED) is 0.667. The van der Waals surface area contributed by atoms with Gasteiger partial charge in [-0.05, 0) is 32.9 Å². The Balaban J connectivity index is 2.30. The number of rotatable bonds is 4. The average molecular weight is 312 g/mol. The van der Waals surface area contributed by atoms with Gasteiger partial charge >= 0.3 is 0 Å². The van der Waals surface area contributed by atoms with Gasteiger partial charge in [0.15, 0.2) is 0 Å². The Morgan fingerprint density at radius 3 is 2.70 bits per heavy atom. The summed E-state index contributed by atoms with van der Waals surface area (Å²) < 4.78 is 0. The summed E-state index contributed by atoms with van der Waals surface area (Å²) in [4.78, 5) is 16.1. The number of nitro groups is 1. The first-order valence-electron chi connectivity index (χ1n) is 6.03. The zero-order valence-corrected chi connectivity index (χ0v) is 12.9. The maximum atomic E-state index is 11.1. The van der Waals surface area contributed by atoms with Crippen LogP contribution in [0, 0.1) is 24.0 Å². The van der Waals surface area contributed by atoms with E-state index in [1.807, 2.05) is 20.8 Å². The van der Waals surface area contributed by atoms with Gasteiger partial charge in [-0.25, -0.2) is 4.98 Å². The lowest BCUT2D eigenvalue weighted by Crippen LogP contribution is -2.08. The minimum atomic E-state index is -0.439. The summed E-state index contributed by atoms with van der Waals surface area (Å²) in [7, 11) is 0. The van der Waals surface area contributed by atoms with Crippen LogP contribution in [0.2, 0.25) is 5.02 Å². The van der Waals surface area contributed by atoms with Crippen LogP contribution < -0.4 is 5.32 Å². The molecule has 1 heterocycles. The summed E-state index contributed by atoms with van der Waals surface area (Å²) >= 11 is 7.39. The van der Waals surface area contributed by atoms with Crippen molar-refractivity contribution in [1.29, 1.82) is 0 Å². The maximum absolute atomic E-state index is 11.1. The number of hydrogen-bond donors (Lipinski definition) is 1. The summed E-state index contributed by atoms with van der Waals surface area (Å²) in [5, 5.41) is 15.5. The first kappa shape index (κ1) is 14.7. The lowest BCUT2D eigenvalue weighted by Gasteiger charge is -2.14. The van der Waals surface area contributed by atoms with Gasteiger partial charge in [0.2, 0.25) is 0 Å². The Bertz CT molecular complexity index is 657. The van der Waals surface area contributed by atoms with E-state index in [0.717, 1.165) is 15.6 Å². The van der Waals surface area contributed by atoms with E-state index < -0.39 is 4.92 Å². The molecule has 20 heavy (non-hydrogen) atoms. The highest BCUT2D eigenvalue weighted by Gasteiger charge is 2.19. The minimum Gasteiger partial charge on any atom is -0.372 e. The predicted molar refractivity (Wildman–Crippen MR) is 81.7 cm³/mol. The fraction of sp³-hybridized carbons (Fsp3) is 0.308. The number of thiazole rings is 1. The molecule has 2 aromatic rings. The second kappa shape index (κ2) is 5.76. The highest BCUT2D eigenvalue weighted by molar-refractivity contribution is 7.11. The number of hydrogen-bond acceptors (Lipinski definition) is 5. The van der Waals surface area contributed by atoms with Crippen LogP contribution in [0.1, 0.15) is 28.5 Å². The minimum absolute atomic E-state index is 0.0248. The molecule has 0 fully saturated rings. The van der Waals surface area contributed by atoms with Crippen molar-refractivity contribution in [2.45, 2.75) is 26.8 Å². The van der Waals surface area contributed by atoms with Gasteiger partial charge < -0.3 is 5.32 Å². The van der Waals surface area contributed by atoms with Crippen LogP contribution in [0.15, 0.2) is 18.2 Å². The van der Waals surface area contributed by atoms with Crippen LogP contribution in [0.3, 0.4) is 0 Å². The zero-order chi connectivity index (χ0) is 14.9. The lowest BCUT2D eigenvalue weighted by atomic mass is 10.2. The van der Waals surface area contributed by atoms with Crippen molar-refractivity contribution in [3.8, 4) is 0 Å².